The van der Waals surface area contributed by atoms with Crippen molar-refractivity contribution in [3.63, 3.8) is 0 Å². The molecule has 0 saturated carbocycles. The summed E-state index contributed by atoms with van der Waals surface area (Å²) in [5, 5.41) is 6.12. The number of carbonyl (C=O) groups excluding carboxylic acids is 1. The molecule has 0 aliphatic carbocycles. The molecule has 2 N–H and O–H groups in total. The summed E-state index contributed by atoms with van der Waals surface area (Å²) in [7, 11) is 1.62. The number of methoxy groups -OCH3 is 1. The van der Waals surface area contributed by atoms with Gasteiger partial charge in [0, 0.05) is 19.3 Å². The molecule has 3 rings (SSSR count). The summed E-state index contributed by atoms with van der Waals surface area (Å²) >= 11 is 0. The molecule has 2 heterocycles. The third-order valence-electron chi connectivity index (χ3n) is 3.90. The van der Waals surface area contributed by atoms with Crippen LogP contribution in [0.5, 0.6) is 5.75 Å². The van der Waals surface area contributed by atoms with Gasteiger partial charge in [0.2, 0.25) is 0 Å². The van der Waals surface area contributed by atoms with Crippen LogP contribution >= 0.6 is 0 Å². The van der Waals surface area contributed by atoms with E-state index in [2.05, 4.69) is 15.6 Å². The number of anilines is 2. The summed E-state index contributed by atoms with van der Waals surface area (Å²) in [4.78, 5) is 16.4. The second-order valence-electron chi connectivity index (χ2n) is 5.63. The fourth-order valence-corrected chi connectivity index (χ4v) is 2.65. The van der Waals surface area contributed by atoms with Gasteiger partial charge in [0.1, 0.15) is 5.75 Å². The molecular formula is C18H21N3O3. The molecule has 0 radical (unpaired) electrons. The van der Waals surface area contributed by atoms with Gasteiger partial charge in [-0.1, -0.05) is 12.1 Å². The van der Waals surface area contributed by atoms with Gasteiger partial charge in [0.15, 0.2) is 0 Å². The van der Waals surface area contributed by atoms with Gasteiger partial charge in [-0.2, -0.15) is 0 Å². The number of nitrogens with one attached hydrogen (secondary N) is 2. The Morgan fingerprint density at radius 3 is 3.04 bits per heavy atom. The molecule has 6 nitrogen and oxygen atoms in total. The van der Waals surface area contributed by atoms with Crippen molar-refractivity contribution < 1.29 is 14.3 Å². The predicted molar refractivity (Wildman–Crippen MR) is 91.8 cm³/mol. The largest absolute Gasteiger partial charge is 0.495 e. The molecule has 1 unspecified atom stereocenters. The molecule has 1 aliphatic rings. The van der Waals surface area contributed by atoms with Crippen LogP contribution in [0, 0.1) is 0 Å². The minimum atomic E-state index is -0.151. The number of ether oxygens (including phenoxy) is 2. The molecule has 1 aromatic carbocycles. The number of carbonyl (C=O) groups is 1. The SMILES string of the molecule is COc1ccccc1Nc1cncc(C(=O)NCC2CCCO2)c1. The highest BCUT2D eigenvalue weighted by Crippen LogP contribution is 2.26. The van der Waals surface area contributed by atoms with Gasteiger partial charge in [-0.25, -0.2) is 0 Å². The summed E-state index contributed by atoms with van der Waals surface area (Å²) in [5.41, 5.74) is 2.05. The number of para-hydroxylation sites is 2. The van der Waals surface area contributed by atoms with E-state index in [-0.39, 0.29) is 12.0 Å². The molecule has 0 spiro atoms. The van der Waals surface area contributed by atoms with Crippen LogP contribution in [0.3, 0.4) is 0 Å². The first-order valence-electron chi connectivity index (χ1n) is 8.01. The minimum absolute atomic E-state index is 0.122. The van der Waals surface area contributed by atoms with Crippen LogP contribution in [0.15, 0.2) is 42.7 Å². The molecule has 24 heavy (non-hydrogen) atoms. The van der Waals surface area contributed by atoms with Crippen molar-refractivity contribution in [1.29, 1.82) is 0 Å². The lowest BCUT2D eigenvalue weighted by atomic mass is 10.2. The molecule has 1 aliphatic heterocycles. The van der Waals surface area contributed by atoms with E-state index in [1.165, 1.54) is 0 Å². The van der Waals surface area contributed by atoms with Crippen molar-refractivity contribution in [3.8, 4) is 5.75 Å². The molecule has 126 valence electrons. The lowest BCUT2D eigenvalue weighted by Crippen LogP contribution is -2.31. The normalized spacial score (nSPS) is 16.6. The van der Waals surface area contributed by atoms with Crippen LogP contribution in [-0.2, 0) is 4.74 Å². The zero-order valence-corrected chi connectivity index (χ0v) is 13.6. The predicted octanol–water partition coefficient (Wildman–Crippen LogP) is 2.74. The third kappa shape index (κ3) is 4.02. The van der Waals surface area contributed by atoms with Crippen LogP contribution in [-0.4, -0.2) is 37.3 Å². The van der Waals surface area contributed by atoms with E-state index in [9.17, 15) is 4.79 Å². The number of hydrogen-bond acceptors (Lipinski definition) is 5. The lowest BCUT2D eigenvalue weighted by Gasteiger charge is -2.13. The molecule has 1 atom stereocenters. The standard InChI is InChI=1S/C18H21N3O3/c1-23-17-7-3-2-6-16(17)21-14-9-13(10-19-11-14)18(22)20-12-15-5-4-8-24-15/h2-3,6-7,9-11,15,21H,4-5,8,12H2,1H3,(H,20,22). The Kier molecular flexibility index (Phi) is 5.28. The maximum Gasteiger partial charge on any atom is 0.253 e. The maximum atomic E-state index is 12.3. The fourth-order valence-electron chi connectivity index (χ4n) is 2.65. The van der Waals surface area contributed by atoms with E-state index in [4.69, 9.17) is 9.47 Å². The molecule has 1 fully saturated rings. The molecule has 6 heteroatoms. The van der Waals surface area contributed by atoms with Gasteiger partial charge >= 0.3 is 0 Å². The fraction of sp³-hybridized carbons (Fsp3) is 0.333. The van der Waals surface area contributed by atoms with Crippen LogP contribution in [0.4, 0.5) is 11.4 Å². The average molecular weight is 327 g/mol. The molecule has 1 aromatic heterocycles. The third-order valence-corrected chi connectivity index (χ3v) is 3.90. The number of pyridine rings is 1. The summed E-state index contributed by atoms with van der Waals surface area (Å²) in [6, 6.07) is 9.36. The smallest absolute Gasteiger partial charge is 0.253 e. The minimum Gasteiger partial charge on any atom is -0.495 e. The van der Waals surface area contributed by atoms with Crippen molar-refractivity contribution in [3.05, 3.63) is 48.3 Å². The Morgan fingerprint density at radius 1 is 1.38 bits per heavy atom. The first-order valence-corrected chi connectivity index (χ1v) is 8.01. The number of nitrogens with zero attached hydrogens (tertiary/aromatic N) is 1. The second-order valence-corrected chi connectivity index (χ2v) is 5.63. The number of aromatic nitrogens is 1. The van der Waals surface area contributed by atoms with Gasteiger partial charge in [-0.05, 0) is 31.0 Å². The maximum absolute atomic E-state index is 12.3. The Labute approximate surface area is 141 Å². The Balaban J connectivity index is 1.65. The number of amides is 1. The monoisotopic (exact) mass is 327 g/mol. The van der Waals surface area contributed by atoms with Crippen LogP contribution < -0.4 is 15.4 Å². The number of benzene rings is 1. The summed E-state index contributed by atoms with van der Waals surface area (Å²) in [6.07, 6.45) is 5.40. The van der Waals surface area contributed by atoms with E-state index < -0.39 is 0 Å². The van der Waals surface area contributed by atoms with Gasteiger partial charge in [-0.3, -0.25) is 9.78 Å². The van der Waals surface area contributed by atoms with E-state index in [1.54, 1.807) is 25.6 Å². The zero-order chi connectivity index (χ0) is 16.8. The van der Waals surface area contributed by atoms with Crippen molar-refractivity contribution in [2.45, 2.75) is 18.9 Å². The van der Waals surface area contributed by atoms with Crippen molar-refractivity contribution in [2.75, 3.05) is 25.6 Å². The van der Waals surface area contributed by atoms with Crippen LogP contribution in [0.1, 0.15) is 23.2 Å². The van der Waals surface area contributed by atoms with Gasteiger partial charge in [0.05, 0.1) is 36.3 Å². The van der Waals surface area contributed by atoms with Crippen molar-refractivity contribution >= 4 is 17.3 Å². The van der Waals surface area contributed by atoms with E-state index >= 15 is 0 Å². The number of hydrogen-bond donors (Lipinski definition) is 2. The highest BCUT2D eigenvalue weighted by Gasteiger charge is 2.17. The van der Waals surface area contributed by atoms with Crippen molar-refractivity contribution in [1.82, 2.24) is 10.3 Å². The highest BCUT2D eigenvalue weighted by atomic mass is 16.5. The number of rotatable bonds is 6. The topological polar surface area (TPSA) is 72.5 Å². The molecule has 1 amide bonds. The van der Waals surface area contributed by atoms with Crippen LogP contribution in [0.25, 0.3) is 0 Å². The van der Waals surface area contributed by atoms with Gasteiger partial charge in [0.25, 0.3) is 5.91 Å². The Hall–Kier alpha value is -2.60. The zero-order valence-electron chi connectivity index (χ0n) is 13.6. The molecule has 0 bridgehead atoms. The molecular weight excluding hydrogens is 306 g/mol. The van der Waals surface area contributed by atoms with Crippen LogP contribution in [0.2, 0.25) is 0 Å². The van der Waals surface area contributed by atoms with Gasteiger partial charge < -0.3 is 20.1 Å². The highest BCUT2D eigenvalue weighted by molar-refractivity contribution is 5.94. The Bertz CT molecular complexity index is 699. The molecule has 2 aromatic rings. The lowest BCUT2D eigenvalue weighted by molar-refractivity contribution is 0.0857. The van der Waals surface area contributed by atoms with E-state index in [0.29, 0.717) is 12.1 Å². The van der Waals surface area contributed by atoms with Crippen molar-refractivity contribution in [2.24, 2.45) is 0 Å². The van der Waals surface area contributed by atoms with E-state index in [0.717, 1.165) is 36.6 Å². The summed E-state index contributed by atoms with van der Waals surface area (Å²) in [5.74, 6) is 0.576. The summed E-state index contributed by atoms with van der Waals surface area (Å²) in [6.45, 7) is 1.31. The Morgan fingerprint density at radius 2 is 2.25 bits per heavy atom. The second kappa shape index (κ2) is 7.79. The average Bonchev–Trinajstić information content (AvgIpc) is 3.14. The molecule has 1 saturated heterocycles. The summed E-state index contributed by atoms with van der Waals surface area (Å²) < 4.78 is 10.8. The van der Waals surface area contributed by atoms with Gasteiger partial charge in [-0.15, -0.1) is 0 Å². The first-order chi connectivity index (χ1) is 11.8. The van der Waals surface area contributed by atoms with E-state index in [1.807, 2.05) is 24.3 Å². The quantitative estimate of drug-likeness (QED) is 0.853. The first kappa shape index (κ1) is 16.3.